The van der Waals surface area contributed by atoms with E-state index in [2.05, 4.69) is 0 Å². The molecule has 3 heteroatoms. The highest BCUT2D eigenvalue weighted by Gasteiger charge is 2.11. The normalized spacial score (nSPS) is 12.2. The van der Waals surface area contributed by atoms with Gasteiger partial charge in [-0.15, -0.1) is 0 Å². The highest BCUT2D eigenvalue weighted by Crippen LogP contribution is 2.18. The maximum absolute atomic E-state index is 12.8. The smallest absolute Gasteiger partial charge is 0.193 e. The molecule has 2 rings (SSSR count). The summed E-state index contributed by atoms with van der Waals surface area (Å²) in [6.45, 7) is 2.55. The molecule has 1 unspecified atom stereocenters. The van der Waals surface area contributed by atoms with Gasteiger partial charge in [-0.2, -0.15) is 0 Å². The summed E-state index contributed by atoms with van der Waals surface area (Å²) in [4.78, 5) is 12.3. The third kappa shape index (κ3) is 3.06. The lowest BCUT2D eigenvalue weighted by Crippen LogP contribution is -2.10. The van der Waals surface area contributed by atoms with Crippen molar-refractivity contribution in [2.75, 3.05) is 6.54 Å². The molecule has 0 fully saturated rings. The van der Waals surface area contributed by atoms with Gasteiger partial charge in [0.25, 0.3) is 0 Å². The van der Waals surface area contributed by atoms with Crippen molar-refractivity contribution >= 4 is 5.78 Å². The number of hydrogen-bond acceptors (Lipinski definition) is 2. The molecule has 0 aliphatic heterocycles. The third-order valence-corrected chi connectivity index (χ3v) is 3.18. The first-order valence-electron chi connectivity index (χ1n) is 6.22. The zero-order valence-corrected chi connectivity index (χ0v) is 10.8. The summed E-state index contributed by atoms with van der Waals surface area (Å²) >= 11 is 0. The number of benzene rings is 2. The van der Waals surface area contributed by atoms with E-state index in [4.69, 9.17) is 5.73 Å². The maximum Gasteiger partial charge on any atom is 0.193 e. The zero-order valence-electron chi connectivity index (χ0n) is 10.8. The molecule has 0 aliphatic rings. The van der Waals surface area contributed by atoms with Gasteiger partial charge in [-0.25, -0.2) is 4.39 Å². The van der Waals surface area contributed by atoms with E-state index in [-0.39, 0.29) is 17.5 Å². The average Bonchev–Trinajstić information content (AvgIpc) is 2.46. The van der Waals surface area contributed by atoms with E-state index >= 15 is 0 Å². The number of nitrogens with two attached hydrogens (primary N) is 1. The molecule has 19 heavy (non-hydrogen) atoms. The van der Waals surface area contributed by atoms with Crippen molar-refractivity contribution in [3.8, 4) is 0 Å². The van der Waals surface area contributed by atoms with Crippen LogP contribution in [0.5, 0.6) is 0 Å². The quantitative estimate of drug-likeness (QED) is 0.855. The number of ketones is 1. The van der Waals surface area contributed by atoms with Crippen LogP contribution >= 0.6 is 0 Å². The van der Waals surface area contributed by atoms with Crippen LogP contribution in [-0.2, 0) is 0 Å². The summed E-state index contributed by atoms with van der Waals surface area (Å²) in [5, 5.41) is 0. The molecule has 0 aromatic heterocycles. The Morgan fingerprint density at radius 1 is 1.16 bits per heavy atom. The van der Waals surface area contributed by atoms with Gasteiger partial charge in [0.2, 0.25) is 0 Å². The van der Waals surface area contributed by atoms with Gasteiger partial charge in [0.15, 0.2) is 5.78 Å². The molecule has 0 amide bonds. The first-order valence-corrected chi connectivity index (χ1v) is 6.22. The predicted octanol–water partition coefficient (Wildman–Crippen LogP) is 3.12. The molecule has 0 saturated carbocycles. The topological polar surface area (TPSA) is 43.1 Å². The number of rotatable bonds is 4. The molecule has 0 saturated heterocycles. The SMILES string of the molecule is CC(CN)c1cccc(C(=O)c2ccc(F)cc2)c1. The molecule has 2 N–H and O–H groups in total. The molecule has 2 nitrogen and oxygen atoms in total. The molecule has 0 radical (unpaired) electrons. The Labute approximate surface area is 112 Å². The van der Waals surface area contributed by atoms with E-state index in [0.29, 0.717) is 17.7 Å². The van der Waals surface area contributed by atoms with Crippen LogP contribution in [0, 0.1) is 5.82 Å². The van der Waals surface area contributed by atoms with Crippen LogP contribution < -0.4 is 5.73 Å². The summed E-state index contributed by atoms with van der Waals surface area (Å²) in [5.74, 6) is -0.242. The fraction of sp³-hybridized carbons (Fsp3) is 0.188. The Balaban J connectivity index is 2.31. The molecule has 0 aliphatic carbocycles. The van der Waals surface area contributed by atoms with E-state index in [0.717, 1.165) is 5.56 Å². The summed E-state index contributed by atoms with van der Waals surface area (Å²) in [6, 6.07) is 13.0. The van der Waals surface area contributed by atoms with Crippen molar-refractivity contribution in [2.45, 2.75) is 12.8 Å². The van der Waals surface area contributed by atoms with Crippen molar-refractivity contribution in [2.24, 2.45) is 5.73 Å². The Morgan fingerprint density at radius 2 is 1.84 bits per heavy atom. The van der Waals surface area contributed by atoms with Gasteiger partial charge in [-0.05, 0) is 48.4 Å². The number of halogens is 1. The van der Waals surface area contributed by atoms with Crippen LogP contribution in [0.3, 0.4) is 0 Å². The molecule has 0 heterocycles. The van der Waals surface area contributed by atoms with Crippen molar-refractivity contribution in [1.82, 2.24) is 0 Å². The van der Waals surface area contributed by atoms with E-state index in [9.17, 15) is 9.18 Å². The van der Waals surface area contributed by atoms with E-state index in [1.165, 1.54) is 24.3 Å². The van der Waals surface area contributed by atoms with Crippen molar-refractivity contribution in [1.29, 1.82) is 0 Å². The van der Waals surface area contributed by atoms with E-state index < -0.39 is 0 Å². The molecule has 2 aromatic carbocycles. The van der Waals surface area contributed by atoms with E-state index in [1.54, 1.807) is 6.07 Å². The monoisotopic (exact) mass is 257 g/mol. The van der Waals surface area contributed by atoms with Crippen LogP contribution in [-0.4, -0.2) is 12.3 Å². The second-order valence-electron chi connectivity index (χ2n) is 4.60. The lowest BCUT2D eigenvalue weighted by atomic mass is 9.96. The first kappa shape index (κ1) is 13.4. The Hall–Kier alpha value is -2.00. The molecule has 98 valence electrons. The fourth-order valence-electron chi connectivity index (χ4n) is 1.89. The minimum Gasteiger partial charge on any atom is -0.330 e. The largest absolute Gasteiger partial charge is 0.330 e. The summed E-state index contributed by atoms with van der Waals surface area (Å²) < 4.78 is 12.8. The second-order valence-corrected chi connectivity index (χ2v) is 4.60. The first-order chi connectivity index (χ1) is 9.11. The molecule has 1 atom stereocenters. The fourth-order valence-corrected chi connectivity index (χ4v) is 1.89. The third-order valence-electron chi connectivity index (χ3n) is 3.18. The van der Waals surface area contributed by atoms with Gasteiger partial charge >= 0.3 is 0 Å². The maximum atomic E-state index is 12.8. The molecular formula is C16H16FNO. The summed E-state index contributed by atoms with van der Waals surface area (Å²) in [7, 11) is 0. The summed E-state index contributed by atoms with van der Waals surface area (Å²) in [6.07, 6.45) is 0. The highest BCUT2D eigenvalue weighted by molar-refractivity contribution is 6.09. The predicted molar refractivity (Wildman–Crippen MR) is 73.7 cm³/mol. The van der Waals surface area contributed by atoms with Gasteiger partial charge in [-0.1, -0.05) is 25.1 Å². The standard InChI is InChI=1S/C16H16FNO/c1-11(10-18)13-3-2-4-14(9-13)16(19)12-5-7-15(17)8-6-12/h2-9,11H,10,18H2,1H3. The molecular weight excluding hydrogens is 241 g/mol. The van der Waals surface area contributed by atoms with Gasteiger partial charge < -0.3 is 5.73 Å². The van der Waals surface area contributed by atoms with Crippen LogP contribution in [0.2, 0.25) is 0 Å². The van der Waals surface area contributed by atoms with Crippen molar-refractivity contribution in [3.63, 3.8) is 0 Å². The number of hydrogen-bond donors (Lipinski definition) is 1. The van der Waals surface area contributed by atoms with Gasteiger partial charge in [0.1, 0.15) is 5.82 Å². The molecule has 0 spiro atoms. The van der Waals surface area contributed by atoms with Crippen LogP contribution in [0.1, 0.15) is 34.3 Å². The highest BCUT2D eigenvalue weighted by atomic mass is 19.1. The van der Waals surface area contributed by atoms with Gasteiger partial charge in [-0.3, -0.25) is 4.79 Å². The van der Waals surface area contributed by atoms with Crippen LogP contribution in [0.4, 0.5) is 4.39 Å². The average molecular weight is 257 g/mol. The minimum atomic E-state index is -0.345. The zero-order chi connectivity index (χ0) is 13.8. The number of carbonyl (C=O) groups is 1. The van der Waals surface area contributed by atoms with Gasteiger partial charge in [0.05, 0.1) is 0 Å². The Morgan fingerprint density at radius 3 is 2.47 bits per heavy atom. The second kappa shape index (κ2) is 5.76. The lowest BCUT2D eigenvalue weighted by Gasteiger charge is -2.10. The van der Waals surface area contributed by atoms with Crippen molar-refractivity contribution < 1.29 is 9.18 Å². The molecule has 2 aromatic rings. The molecule has 0 bridgehead atoms. The number of carbonyl (C=O) groups excluding carboxylic acids is 1. The Bertz CT molecular complexity index is 578. The minimum absolute atomic E-state index is 0.105. The Kier molecular flexibility index (Phi) is 4.07. The van der Waals surface area contributed by atoms with Gasteiger partial charge in [0, 0.05) is 11.1 Å². The van der Waals surface area contributed by atoms with Crippen molar-refractivity contribution in [3.05, 3.63) is 71.0 Å². The van der Waals surface area contributed by atoms with Crippen LogP contribution in [0.25, 0.3) is 0 Å². The van der Waals surface area contributed by atoms with Crippen LogP contribution in [0.15, 0.2) is 48.5 Å². The summed E-state index contributed by atoms with van der Waals surface area (Å²) in [5.41, 5.74) is 7.76. The van der Waals surface area contributed by atoms with E-state index in [1.807, 2.05) is 25.1 Å². The lowest BCUT2D eigenvalue weighted by molar-refractivity contribution is 0.103.